The first-order chi connectivity index (χ1) is 11.3. The lowest BCUT2D eigenvalue weighted by molar-refractivity contribution is -0.376. The second-order valence-corrected chi connectivity index (χ2v) is 5.22. The van der Waals surface area contributed by atoms with E-state index in [2.05, 4.69) is 0 Å². The maximum atomic E-state index is 12.8. The van der Waals surface area contributed by atoms with Crippen LogP contribution < -0.4 is 11.5 Å². The van der Waals surface area contributed by atoms with Crippen LogP contribution in [-0.2, 0) is 11.2 Å². The van der Waals surface area contributed by atoms with Crippen molar-refractivity contribution in [2.45, 2.75) is 29.7 Å². The second kappa shape index (κ2) is 6.04. The van der Waals surface area contributed by atoms with Gasteiger partial charge in [0.05, 0.1) is 0 Å². The molecule has 1 atom stereocenters. The molecular weight excluding hydrogens is 394 g/mol. The predicted molar refractivity (Wildman–Crippen MR) is 67.2 cm³/mol. The van der Waals surface area contributed by atoms with Gasteiger partial charge in [0.2, 0.25) is 5.60 Å². The summed E-state index contributed by atoms with van der Waals surface area (Å²) >= 11 is 0. The van der Waals surface area contributed by atoms with Crippen LogP contribution in [0.3, 0.4) is 0 Å². The van der Waals surface area contributed by atoms with E-state index in [1.54, 1.807) is 0 Å². The summed E-state index contributed by atoms with van der Waals surface area (Å²) in [7, 11) is 0. The first kappa shape index (κ1) is 22.1. The molecule has 1 aromatic carbocycles. The van der Waals surface area contributed by atoms with Crippen LogP contribution in [0.25, 0.3) is 0 Å². The van der Waals surface area contributed by atoms with Gasteiger partial charge in [-0.3, -0.25) is 0 Å². The number of anilines is 2. The lowest BCUT2D eigenvalue weighted by Crippen LogP contribution is -2.54. The summed E-state index contributed by atoms with van der Waals surface area (Å²) < 4.78 is 128. The van der Waals surface area contributed by atoms with Crippen LogP contribution in [0, 0.1) is 0 Å². The maximum Gasteiger partial charge on any atom is 0.430 e. The van der Waals surface area contributed by atoms with Gasteiger partial charge in [-0.15, -0.1) is 0 Å². The van der Waals surface area contributed by atoms with Gasteiger partial charge in [0.1, 0.15) is 6.67 Å². The summed E-state index contributed by atoms with van der Waals surface area (Å²) in [6.07, 6.45) is -18.5. The fourth-order valence-electron chi connectivity index (χ4n) is 2.07. The number of hydrogen-bond acceptors (Lipinski definition) is 4. The smallest absolute Gasteiger partial charge is 0.398 e. The molecule has 14 heteroatoms. The van der Waals surface area contributed by atoms with Gasteiger partial charge < -0.3 is 21.7 Å². The van der Waals surface area contributed by atoms with E-state index in [1.807, 2.05) is 0 Å². The fraction of sp³-hybridized carbons (Fsp3) is 0.500. The first-order valence-electron chi connectivity index (χ1n) is 6.25. The second-order valence-electron chi connectivity index (χ2n) is 5.22. The predicted octanol–water partition coefficient (Wildman–Crippen LogP) is 2.88. The van der Waals surface area contributed by atoms with Crippen molar-refractivity contribution in [3.63, 3.8) is 0 Å². The lowest BCUT2D eigenvalue weighted by Gasteiger charge is -2.35. The molecule has 0 spiro atoms. The normalized spacial score (nSPS) is 16.5. The number of nitrogens with two attached hydrogens (primary N) is 2. The van der Waals surface area contributed by atoms with Crippen LogP contribution in [0.4, 0.5) is 55.3 Å². The van der Waals surface area contributed by atoms with Gasteiger partial charge in [-0.1, -0.05) is 0 Å². The number of aliphatic hydroxyl groups is 2. The van der Waals surface area contributed by atoms with Crippen molar-refractivity contribution in [1.82, 2.24) is 0 Å². The Morgan fingerprint density at radius 1 is 0.692 bits per heavy atom. The van der Waals surface area contributed by atoms with Crippen molar-refractivity contribution >= 4 is 11.4 Å². The summed E-state index contributed by atoms with van der Waals surface area (Å²) in [5.41, 5.74) is -6.84. The molecule has 1 unspecified atom stereocenters. The average Bonchev–Trinajstić information content (AvgIpc) is 2.43. The van der Waals surface area contributed by atoms with Crippen LogP contribution in [0.2, 0.25) is 0 Å². The molecule has 26 heavy (non-hydrogen) atoms. The summed E-state index contributed by atoms with van der Waals surface area (Å²) in [6.45, 7) is -2.55. The third-order valence-electron chi connectivity index (χ3n) is 3.54. The van der Waals surface area contributed by atoms with Crippen LogP contribution in [0.5, 0.6) is 0 Å². The van der Waals surface area contributed by atoms with E-state index in [1.165, 1.54) is 0 Å². The summed E-state index contributed by atoms with van der Waals surface area (Å²) in [4.78, 5) is 0. The zero-order valence-corrected chi connectivity index (χ0v) is 12.2. The van der Waals surface area contributed by atoms with E-state index in [4.69, 9.17) is 11.5 Å². The van der Waals surface area contributed by atoms with E-state index in [0.717, 1.165) is 0 Å². The van der Waals surface area contributed by atoms with Gasteiger partial charge in [-0.25, -0.2) is 4.39 Å². The standard InChI is InChI=1S/C12H10F10N2O2/c13-3-8(25,10(14,15)16)4-1-7(24)5(2-6(4)23)9(26,11(17,18)19)12(20,21)22/h1-2,25-26H,3,23-24H2. The highest BCUT2D eigenvalue weighted by atomic mass is 19.4. The molecule has 1 aromatic rings. The highest BCUT2D eigenvalue weighted by Gasteiger charge is 2.72. The van der Waals surface area contributed by atoms with Crippen molar-refractivity contribution in [2.24, 2.45) is 0 Å². The summed E-state index contributed by atoms with van der Waals surface area (Å²) in [5.74, 6) is 0. The van der Waals surface area contributed by atoms with Gasteiger partial charge in [-0.2, -0.15) is 39.5 Å². The molecule has 0 fully saturated rings. The highest BCUT2D eigenvalue weighted by molar-refractivity contribution is 5.64. The number of hydrogen-bond donors (Lipinski definition) is 4. The molecule has 6 N–H and O–H groups in total. The van der Waals surface area contributed by atoms with Crippen LogP contribution in [0.15, 0.2) is 12.1 Å². The molecule has 150 valence electrons. The Hall–Kier alpha value is -1.96. The SMILES string of the molecule is Nc1cc(C(O)(C(F)(F)F)C(F)(F)F)c(N)cc1C(O)(CF)C(F)(F)F. The third kappa shape index (κ3) is 3.11. The van der Waals surface area contributed by atoms with Crippen molar-refractivity contribution in [2.75, 3.05) is 18.1 Å². The Labute approximate surface area is 138 Å². The monoisotopic (exact) mass is 404 g/mol. The zero-order valence-electron chi connectivity index (χ0n) is 12.2. The molecule has 0 saturated carbocycles. The number of benzene rings is 1. The van der Waals surface area contributed by atoms with Crippen LogP contribution >= 0.6 is 0 Å². The lowest BCUT2D eigenvalue weighted by atomic mass is 9.85. The van der Waals surface area contributed by atoms with Crippen molar-refractivity contribution in [3.05, 3.63) is 23.3 Å². The topological polar surface area (TPSA) is 92.5 Å². The van der Waals surface area contributed by atoms with Crippen LogP contribution in [-0.4, -0.2) is 35.4 Å². The van der Waals surface area contributed by atoms with Gasteiger partial charge in [-0.05, 0) is 12.1 Å². The minimum atomic E-state index is -6.38. The quantitative estimate of drug-likeness (QED) is 0.461. The fourth-order valence-corrected chi connectivity index (χ4v) is 2.07. The first-order valence-corrected chi connectivity index (χ1v) is 6.25. The number of alkyl halides is 10. The van der Waals surface area contributed by atoms with E-state index < -0.39 is 58.9 Å². The van der Waals surface area contributed by atoms with Crippen molar-refractivity contribution < 1.29 is 54.1 Å². The summed E-state index contributed by atoms with van der Waals surface area (Å²) in [6, 6.07) is -0.557. The minimum Gasteiger partial charge on any atom is -0.398 e. The Morgan fingerprint density at radius 2 is 1.04 bits per heavy atom. The van der Waals surface area contributed by atoms with E-state index in [0.29, 0.717) is 0 Å². The molecule has 0 radical (unpaired) electrons. The average molecular weight is 404 g/mol. The third-order valence-corrected chi connectivity index (χ3v) is 3.54. The Balaban J connectivity index is 3.81. The van der Waals surface area contributed by atoms with Gasteiger partial charge >= 0.3 is 18.5 Å². The molecule has 0 aliphatic carbocycles. The molecule has 0 bridgehead atoms. The molecule has 0 saturated heterocycles. The Bertz CT molecular complexity index is 668. The van der Waals surface area contributed by atoms with Gasteiger partial charge in [0.25, 0.3) is 5.60 Å². The zero-order chi connectivity index (χ0) is 20.9. The van der Waals surface area contributed by atoms with Crippen molar-refractivity contribution in [1.29, 1.82) is 0 Å². The molecule has 0 aliphatic rings. The van der Waals surface area contributed by atoms with Gasteiger partial charge in [0.15, 0.2) is 0 Å². The highest BCUT2D eigenvalue weighted by Crippen LogP contribution is 2.53. The minimum absolute atomic E-state index is 0.208. The Morgan fingerprint density at radius 3 is 1.35 bits per heavy atom. The van der Waals surface area contributed by atoms with Crippen LogP contribution in [0.1, 0.15) is 11.1 Å². The molecule has 0 heterocycles. The molecular formula is C12H10F10N2O2. The molecule has 1 rings (SSSR count). The number of rotatable bonds is 3. The van der Waals surface area contributed by atoms with Gasteiger partial charge in [0, 0.05) is 22.5 Å². The summed E-state index contributed by atoms with van der Waals surface area (Å²) in [5, 5.41) is 18.6. The molecule has 4 nitrogen and oxygen atoms in total. The maximum absolute atomic E-state index is 12.8. The molecule has 0 aliphatic heterocycles. The Kier molecular flexibility index (Phi) is 5.13. The van der Waals surface area contributed by atoms with Crippen molar-refractivity contribution in [3.8, 4) is 0 Å². The number of halogens is 10. The van der Waals surface area contributed by atoms with E-state index in [-0.39, 0.29) is 12.1 Å². The molecule has 0 aromatic heterocycles. The van der Waals surface area contributed by atoms with E-state index >= 15 is 0 Å². The van der Waals surface area contributed by atoms with E-state index in [9.17, 15) is 54.1 Å². The number of nitrogen functional groups attached to an aromatic ring is 2. The largest absolute Gasteiger partial charge is 0.430 e. The molecule has 0 amide bonds.